The lowest BCUT2D eigenvalue weighted by Gasteiger charge is -2.06. The quantitative estimate of drug-likeness (QED) is 0.516. The minimum absolute atomic E-state index is 0.0333. The highest BCUT2D eigenvalue weighted by Gasteiger charge is 2.14. The van der Waals surface area contributed by atoms with Gasteiger partial charge in [0.1, 0.15) is 12.4 Å². The topological polar surface area (TPSA) is 110 Å². The molecule has 1 amide bonds. The largest absolute Gasteiger partial charge is 0.486 e. The first-order chi connectivity index (χ1) is 13.9. The number of sulfonamides is 1. The fraction of sp³-hybridized carbons (Fsp3) is 0.167. The van der Waals surface area contributed by atoms with Gasteiger partial charge in [0.15, 0.2) is 5.01 Å². The van der Waals surface area contributed by atoms with Gasteiger partial charge >= 0.3 is 0 Å². The third kappa shape index (κ3) is 6.50. The summed E-state index contributed by atoms with van der Waals surface area (Å²) in [6.07, 6.45) is -0.0394. The number of aromatic nitrogens is 2. The van der Waals surface area contributed by atoms with E-state index in [1.807, 2.05) is 0 Å². The summed E-state index contributed by atoms with van der Waals surface area (Å²) in [7, 11) is -3.64. The lowest BCUT2D eigenvalue weighted by Crippen LogP contribution is -2.27. The van der Waals surface area contributed by atoms with Gasteiger partial charge in [-0.1, -0.05) is 41.1 Å². The number of halogens is 1. The molecule has 0 saturated heterocycles. The predicted molar refractivity (Wildman–Crippen MR) is 111 cm³/mol. The molecule has 0 atom stereocenters. The van der Waals surface area contributed by atoms with Crippen LogP contribution < -0.4 is 14.8 Å². The van der Waals surface area contributed by atoms with Gasteiger partial charge in [0.25, 0.3) is 0 Å². The first-order valence-corrected chi connectivity index (χ1v) is 11.2. The van der Waals surface area contributed by atoms with Gasteiger partial charge in [-0.3, -0.25) is 4.79 Å². The highest BCUT2D eigenvalue weighted by Crippen LogP contribution is 2.20. The van der Waals surface area contributed by atoms with E-state index >= 15 is 0 Å². The molecule has 0 unspecified atom stereocenters. The van der Waals surface area contributed by atoms with Crippen molar-refractivity contribution in [3.05, 3.63) is 64.6 Å². The number of ether oxygens (including phenoxy) is 1. The lowest BCUT2D eigenvalue weighted by atomic mass is 10.3. The Balaban J connectivity index is 1.43. The fourth-order valence-corrected chi connectivity index (χ4v) is 4.05. The monoisotopic (exact) mass is 452 g/mol. The average Bonchev–Trinajstić information content (AvgIpc) is 3.15. The Morgan fingerprint density at radius 2 is 1.79 bits per heavy atom. The molecule has 0 bridgehead atoms. The number of carbonyl (C=O) groups is 1. The molecule has 0 aliphatic carbocycles. The van der Waals surface area contributed by atoms with Gasteiger partial charge in [0, 0.05) is 18.0 Å². The van der Waals surface area contributed by atoms with Gasteiger partial charge in [-0.05, 0) is 36.4 Å². The van der Waals surface area contributed by atoms with Crippen LogP contribution in [0, 0.1) is 0 Å². The zero-order valence-electron chi connectivity index (χ0n) is 15.0. The molecule has 0 saturated carbocycles. The summed E-state index contributed by atoms with van der Waals surface area (Å²) in [6, 6.07) is 14.9. The van der Waals surface area contributed by atoms with Crippen molar-refractivity contribution in [2.45, 2.75) is 17.9 Å². The summed E-state index contributed by atoms with van der Waals surface area (Å²) in [5.74, 6) is 0.267. The molecule has 1 heterocycles. The summed E-state index contributed by atoms with van der Waals surface area (Å²) in [5, 5.41) is 11.9. The minimum atomic E-state index is -3.64. The van der Waals surface area contributed by atoms with E-state index in [9.17, 15) is 13.2 Å². The van der Waals surface area contributed by atoms with Crippen molar-refractivity contribution in [1.29, 1.82) is 0 Å². The zero-order valence-corrected chi connectivity index (χ0v) is 17.4. The second-order valence-corrected chi connectivity index (χ2v) is 9.02. The van der Waals surface area contributed by atoms with Crippen molar-refractivity contribution in [2.75, 3.05) is 11.9 Å². The zero-order chi connectivity index (χ0) is 20.7. The van der Waals surface area contributed by atoms with Crippen molar-refractivity contribution in [1.82, 2.24) is 14.9 Å². The number of rotatable bonds is 9. The van der Waals surface area contributed by atoms with Crippen molar-refractivity contribution in [3.63, 3.8) is 0 Å². The van der Waals surface area contributed by atoms with E-state index in [0.717, 1.165) is 0 Å². The second-order valence-electron chi connectivity index (χ2n) is 5.75. The molecular formula is C18H17ClN4O4S2. The van der Waals surface area contributed by atoms with E-state index < -0.39 is 10.0 Å². The van der Waals surface area contributed by atoms with E-state index in [1.165, 1.54) is 23.5 Å². The van der Waals surface area contributed by atoms with E-state index in [-0.39, 0.29) is 30.4 Å². The number of nitrogens with zero attached hydrogens (tertiary/aromatic N) is 2. The van der Waals surface area contributed by atoms with Crippen LogP contribution in [0.25, 0.3) is 0 Å². The molecule has 152 valence electrons. The molecule has 3 rings (SSSR count). The molecule has 3 aromatic rings. The van der Waals surface area contributed by atoms with Crippen LogP contribution in [-0.4, -0.2) is 31.1 Å². The Kier molecular flexibility index (Phi) is 7.15. The standard InChI is InChI=1S/C18H17ClN4O4S2/c19-13-6-8-14(9-7-13)27-12-17-22-23-18(28-17)21-16(24)10-11-20-29(25,26)15-4-2-1-3-5-15/h1-9,20H,10-12H2,(H,21,23,24). The molecule has 2 N–H and O–H groups in total. The van der Waals surface area contributed by atoms with E-state index in [0.29, 0.717) is 20.9 Å². The SMILES string of the molecule is O=C(CCNS(=O)(=O)c1ccccc1)Nc1nnc(COc2ccc(Cl)cc2)s1. The van der Waals surface area contributed by atoms with E-state index in [2.05, 4.69) is 20.2 Å². The maximum atomic E-state index is 12.1. The molecule has 8 nitrogen and oxygen atoms in total. The number of carbonyl (C=O) groups excluding carboxylic acids is 1. The Morgan fingerprint density at radius 3 is 2.52 bits per heavy atom. The molecule has 1 aromatic heterocycles. The maximum absolute atomic E-state index is 12.1. The second kappa shape index (κ2) is 9.79. The van der Waals surface area contributed by atoms with Crippen LogP contribution in [0.4, 0.5) is 5.13 Å². The Labute approximate surface area is 176 Å². The summed E-state index contributed by atoms with van der Waals surface area (Å²) in [6.45, 7) is 0.167. The molecule has 29 heavy (non-hydrogen) atoms. The van der Waals surface area contributed by atoms with Gasteiger partial charge in [-0.25, -0.2) is 13.1 Å². The van der Waals surface area contributed by atoms with Gasteiger partial charge in [-0.15, -0.1) is 10.2 Å². The van der Waals surface area contributed by atoms with Crippen molar-refractivity contribution >= 4 is 44.0 Å². The Bertz CT molecular complexity index is 1060. The third-order valence-electron chi connectivity index (χ3n) is 3.59. The minimum Gasteiger partial charge on any atom is -0.486 e. The maximum Gasteiger partial charge on any atom is 0.240 e. The van der Waals surface area contributed by atoms with E-state index in [1.54, 1.807) is 42.5 Å². The lowest BCUT2D eigenvalue weighted by molar-refractivity contribution is -0.116. The first kappa shape index (κ1) is 21.2. The molecule has 2 aromatic carbocycles. The Hall–Kier alpha value is -2.53. The molecule has 0 aliphatic rings. The summed E-state index contributed by atoms with van der Waals surface area (Å²) < 4.78 is 32.2. The first-order valence-electron chi connectivity index (χ1n) is 8.48. The number of amides is 1. The number of anilines is 1. The van der Waals surface area contributed by atoms with Gasteiger partial charge < -0.3 is 10.1 Å². The summed E-state index contributed by atoms with van der Waals surface area (Å²) in [4.78, 5) is 12.2. The van der Waals surface area contributed by atoms with Gasteiger partial charge in [0.2, 0.25) is 21.1 Å². The number of hydrogen-bond acceptors (Lipinski definition) is 7. The van der Waals surface area contributed by atoms with Crippen LogP contribution >= 0.6 is 22.9 Å². The number of hydrogen-bond donors (Lipinski definition) is 2. The molecule has 11 heteroatoms. The fourth-order valence-electron chi connectivity index (χ4n) is 2.20. The normalized spacial score (nSPS) is 11.2. The smallest absolute Gasteiger partial charge is 0.240 e. The predicted octanol–water partition coefficient (Wildman–Crippen LogP) is 3.08. The van der Waals surface area contributed by atoms with Crippen LogP contribution in [0.1, 0.15) is 11.4 Å². The highest BCUT2D eigenvalue weighted by atomic mass is 35.5. The van der Waals surface area contributed by atoms with E-state index in [4.69, 9.17) is 16.3 Å². The van der Waals surface area contributed by atoms with Crippen LogP contribution in [0.2, 0.25) is 5.02 Å². The van der Waals surface area contributed by atoms with Crippen LogP contribution in [0.5, 0.6) is 5.75 Å². The molecule has 0 spiro atoms. The Morgan fingerprint density at radius 1 is 1.07 bits per heavy atom. The average molecular weight is 453 g/mol. The van der Waals surface area contributed by atoms with Crippen molar-refractivity contribution in [3.8, 4) is 5.75 Å². The molecule has 0 radical (unpaired) electrons. The molecule has 0 aliphatic heterocycles. The van der Waals surface area contributed by atoms with Crippen LogP contribution in [0.3, 0.4) is 0 Å². The molecule has 0 fully saturated rings. The van der Waals surface area contributed by atoms with Crippen molar-refractivity contribution in [2.24, 2.45) is 0 Å². The summed E-state index contributed by atoms with van der Waals surface area (Å²) >= 11 is 6.99. The van der Waals surface area contributed by atoms with Crippen molar-refractivity contribution < 1.29 is 17.9 Å². The van der Waals surface area contributed by atoms with Gasteiger partial charge in [0.05, 0.1) is 4.90 Å². The van der Waals surface area contributed by atoms with Gasteiger partial charge in [-0.2, -0.15) is 0 Å². The summed E-state index contributed by atoms with van der Waals surface area (Å²) in [5.41, 5.74) is 0. The third-order valence-corrected chi connectivity index (χ3v) is 6.13. The van der Waals surface area contributed by atoms with Crippen LogP contribution in [0.15, 0.2) is 59.5 Å². The van der Waals surface area contributed by atoms with Crippen LogP contribution in [-0.2, 0) is 21.4 Å². The number of nitrogens with one attached hydrogen (secondary N) is 2. The number of benzene rings is 2. The highest BCUT2D eigenvalue weighted by molar-refractivity contribution is 7.89. The molecular weight excluding hydrogens is 436 g/mol.